The molecule has 0 aliphatic heterocycles. The normalized spacial score (nSPS) is 12.5. The number of anilines is 1. The van der Waals surface area contributed by atoms with Crippen molar-refractivity contribution >= 4 is 15.7 Å². The second kappa shape index (κ2) is 5.17. The Labute approximate surface area is 107 Å². The number of nitrogens with zero attached hydrogens (tertiary/aromatic N) is 2. The highest BCUT2D eigenvalue weighted by Crippen LogP contribution is 2.18. The van der Waals surface area contributed by atoms with Crippen LogP contribution in [0.25, 0.3) is 0 Å². The van der Waals surface area contributed by atoms with Gasteiger partial charge in [0.25, 0.3) is 0 Å². The van der Waals surface area contributed by atoms with Crippen molar-refractivity contribution in [3.8, 4) is 0 Å². The van der Waals surface area contributed by atoms with E-state index < -0.39 is 20.4 Å². The van der Waals surface area contributed by atoms with Crippen molar-refractivity contribution in [2.45, 2.75) is 31.9 Å². The molecule has 0 bridgehead atoms. The molecule has 0 amide bonds. The van der Waals surface area contributed by atoms with Crippen LogP contribution >= 0.6 is 0 Å². The largest absolute Gasteiger partial charge is 0.366 e. The van der Waals surface area contributed by atoms with E-state index in [1.165, 1.54) is 6.33 Å². The fraction of sp³-hybridized carbons (Fsp3) is 0.636. The minimum Gasteiger partial charge on any atom is -0.366 e. The first-order valence-corrected chi connectivity index (χ1v) is 7.51. The van der Waals surface area contributed by atoms with Gasteiger partial charge in [-0.25, -0.2) is 22.8 Å². The zero-order valence-corrected chi connectivity index (χ0v) is 11.8. The molecule has 0 fully saturated rings. The number of aryl methyl sites for hydroxylation is 1. The molecular weight excluding hydrogens is 257 g/mol. The van der Waals surface area contributed by atoms with Gasteiger partial charge in [0.2, 0.25) is 0 Å². The highest BCUT2D eigenvalue weighted by atomic mass is 32.2. The van der Waals surface area contributed by atoms with E-state index in [0.717, 1.165) is 6.26 Å². The predicted molar refractivity (Wildman–Crippen MR) is 68.8 cm³/mol. The maximum atomic E-state index is 13.8. The Hall–Kier alpha value is -1.24. The monoisotopic (exact) mass is 275 g/mol. The Balaban J connectivity index is 2.88. The van der Waals surface area contributed by atoms with E-state index in [1.54, 1.807) is 20.8 Å². The number of aromatic nitrogens is 2. The first-order valence-electron chi connectivity index (χ1n) is 5.62. The first-order chi connectivity index (χ1) is 8.19. The second-order valence-corrected chi connectivity index (χ2v) is 7.37. The summed E-state index contributed by atoms with van der Waals surface area (Å²) in [4.78, 5) is 7.59. The summed E-state index contributed by atoms with van der Waals surface area (Å²) in [5.41, 5.74) is 0.310. The van der Waals surface area contributed by atoms with Crippen LogP contribution in [0.1, 0.15) is 26.5 Å². The van der Waals surface area contributed by atoms with Crippen LogP contribution in [0.3, 0.4) is 0 Å². The minimum atomic E-state index is -3.23. The number of hydrogen-bond donors (Lipinski definition) is 1. The van der Waals surface area contributed by atoms with Crippen LogP contribution in [0.4, 0.5) is 10.2 Å². The topological polar surface area (TPSA) is 72.0 Å². The van der Waals surface area contributed by atoms with E-state index in [4.69, 9.17) is 0 Å². The molecule has 0 atom stereocenters. The molecule has 18 heavy (non-hydrogen) atoms. The van der Waals surface area contributed by atoms with Gasteiger partial charge in [-0.15, -0.1) is 0 Å². The summed E-state index contributed by atoms with van der Waals surface area (Å²) in [6.07, 6.45) is 2.87. The summed E-state index contributed by atoms with van der Waals surface area (Å²) in [6.45, 7) is 5.03. The molecule has 7 heteroatoms. The van der Waals surface area contributed by atoms with Crippen molar-refractivity contribution in [2.24, 2.45) is 0 Å². The van der Waals surface area contributed by atoms with E-state index in [0.29, 0.717) is 12.1 Å². The molecule has 0 saturated carbocycles. The molecule has 1 rings (SSSR count). The lowest BCUT2D eigenvalue weighted by Crippen LogP contribution is -2.38. The average Bonchev–Trinajstić information content (AvgIpc) is 2.26. The van der Waals surface area contributed by atoms with E-state index in [1.807, 2.05) is 0 Å². The van der Waals surface area contributed by atoms with Crippen molar-refractivity contribution in [3.63, 3.8) is 0 Å². The number of hydrogen-bond acceptors (Lipinski definition) is 5. The van der Waals surface area contributed by atoms with Gasteiger partial charge in [0.15, 0.2) is 21.5 Å². The maximum Gasteiger partial charge on any atom is 0.186 e. The molecule has 0 aromatic carbocycles. The Morgan fingerprint density at radius 3 is 2.50 bits per heavy atom. The van der Waals surface area contributed by atoms with Gasteiger partial charge in [-0.05, 0) is 20.3 Å². The molecule has 0 unspecified atom stereocenters. The second-order valence-electron chi connectivity index (χ2n) is 4.72. The van der Waals surface area contributed by atoms with Gasteiger partial charge < -0.3 is 5.32 Å². The van der Waals surface area contributed by atoms with Crippen molar-refractivity contribution < 1.29 is 12.8 Å². The summed E-state index contributed by atoms with van der Waals surface area (Å²) in [6, 6.07) is 0. The molecule has 1 aromatic rings. The summed E-state index contributed by atoms with van der Waals surface area (Å²) in [5.74, 6) is -0.483. The van der Waals surface area contributed by atoms with Gasteiger partial charge in [0, 0.05) is 12.8 Å². The third-order valence-electron chi connectivity index (χ3n) is 2.88. The fourth-order valence-corrected chi connectivity index (χ4v) is 1.54. The number of nitrogens with one attached hydrogen (secondary N) is 1. The van der Waals surface area contributed by atoms with Crippen LogP contribution in [0.2, 0.25) is 0 Å². The van der Waals surface area contributed by atoms with E-state index in [2.05, 4.69) is 15.3 Å². The lowest BCUT2D eigenvalue weighted by Gasteiger charge is -2.23. The van der Waals surface area contributed by atoms with Crippen LogP contribution in [-0.2, 0) is 16.3 Å². The Bertz CT molecular complexity index is 529. The van der Waals surface area contributed by atoms with Gasteiger partial charge in [-0.1, -0.05) is 6.92 Å². The lowest BCUT2D eigenvalue weighted by molar-refractivity contribution is 0.556. The van der Waals surface area contributed by atoms with E-state index in [9.17, 15) is 12.8 Å². The number of sulfone groups is 1. The summed E-state index contributed by atoms with van der Waals surface area (Å²) < 4.78 is 35.8. The van der Waals surface area contributed by atoms with Crippen molar-refractivity contribution in [3.05, 3.63) is 17.8 Å². The van der Waals surface area contributed by atoms with E-state index in [-0.39, 0.29) is 12.4 Å². The predicted octanol–water partition coefficient (Wildman–Crippen LogP) is 1.41. The number of rotatable bonds is 5. The number of halogens is 1. The Morgan fingerprint density at radius 2 is 2.00 bits per heavy atom. The van der Waals surface area contributed by atoms with Crippen LogP contribution in [0.5, 0.6) is 0 Å². The SMILES string of the molecule is CCc1ncnc(NCC(C)(C)S(C)(=O)=O)c1F. The van der Waals surface area contributed by atoms with Gasteiger partial charge in [0.1, 0.15) is 6.33 Å². The molecule has 0 radical (unpaired) electrons. The molecule has 0 saturated heterocycles. The summed E-state index contributed by atoms with van der Waals surface area (Å²) in [7, 11) is -3.23. The molecule has 1 N–H and O–H groups in total. The van der Waals surface area contributed by atoms with Gasteiger partial charge in [-0.3, -0.25) is 0 Å². The fourth-order valence-electron chi connectivity index (χ4n) is 1.20. The van der Waals surface area contributed by atoms with E-state index >= 15 is 0 Å². The maximum absolute atomic E-state index is 13.8. The third kappa shape index (κ3) is 3.16. The Morgan fingerprint density at radius 1 is 1.39 bits per heavy atom. The quantitative estimate of drug-likeness (QED) is 0.879. The highest BCUT2D eigenvalue weighted by molar-refractivity contribution is 7.92. The summed E-state index contributed by atoms with van der Waals surface area (Å²) in [5, 5.41) is 2.73. The van der Waals surface area contributed by atoms with Crippen molar-refractivity contribution in [1.29, 1.82) is 0 Å². The molecule has 0 aliphatic rings. The molecular formula is C11H18FN3O2S. The average molecular weight is 275 g/mol. The zero-order valence-electron chi connectivity index (χ0n) is 11.0. The first kappa shape index (κ1) is 14.8. The Kier molecular flexibility index (Phi) is 4.26. The van der Waals surface area contributed by atoms with Gasteiger partial charge >= 0.3 is 0 Å². The van der Waals surface area contributed by atoms with Crippen molar-refractivity contribution in [1.82, 2.24) is 9.97 Å². The van der Waals surface area contributed by atoms with Crippen LogP contribution in [-0.4, -0.2) is 35.9 Å². The molecule has 102 valence electrons. The minimum absolute atomic E-state index is 0.0403. The third-order valence-corrected chi connectivity index (χ3v) is 5.03. The van der Waals surface area contributed by atoms with Gasteiger partial charge in [0.05, 0.1) is 10.4 Å². The molecule has 0 aliphatic carbocycles. The van der Waals surface area contributed by atoms with Crippen LogP contribution in [0.15, 0.2) is 6.33 Å². The molecule has 1 aromatic heterocycles. The lowest BCUT2D eigenvalue weighted by atomic mass is 10.2. The standard InChI is InChI=1S/C11H18FN3O2S/c1-5-8-9(12)10(15-7-14-8)13-6-11(2,3)18(4,16)17/h7H,5-6H2,1-4H3,(H,13,14,15). The molecule has 0 spiro atoms. The van der Waals surface area contributed by atoms with Crippen molar-refractivity contribution in [2.75, 3.05) is 18.1 Å². The zero-order chi connectivity index (χ0) is 14.0. The summed E-state index contributed by atoms with van der Waals surface area (Å²) >= 11 is 0. The van der Waals surface area contributed by atoms with Gasteiger partial charge in [-0.2, -0.15) is 0 Å². The van der Waals surface area contributed by atoms with Crippen LogP contribution < -0.4 is 5.32 Å². The molecule has 1 heterocycles. The highest BCUT2D eigenvalue weighted by Gasteiger charge is 2.30. The van der Waals surface area contributed by atoms with Crippen LogP contribution in [0, 0.1) is 5.82 Å². The molecule has 5 nitrogen and oxygen atoms in total. The smallest absolute Gasteiger partial charge is 0.186 e.